The molecular formula is C14H16N4O3. The number of benzene rings is 1. The largest absolute Gasteiger partial charge is 0.480 e. The van der Waals surface area contributed by atoms with E-state index in [1.807, 2.05) is 6.92 Å². The van der Waals surface area contributed by atoms with E-state index in [1.165, 1.54) is 18.6 Å². The van der Waals surface area contributed by atoms with Gasteiger partial charge in [-0.15, -0.1) is 0 Å². The molecule has 1 atom stereocenters. The Morgan fingerprint density at radius 1 is 1.48 bits per heavy atom. The van der Waals surface area contributed by atoms with E-state index in [1.54, 1.807) is 12.1 Å². The molecule has 7 nitrogen and oxygen atoms in total. The number of carboxylic acids is 1. The smallest absolute Gasteiger partial charge is 0.326 e. The number of nitrogens with zero attached hydrogens (tertiary/aromatic N) is 1. The number of aryl methyl sites for hydroxylation is 1. The number of nitrogens with one attached hydrogen (secondary N) is 2. The fraction of sp³-hybridized carbons (Fsp3) is 0.214. The van der Waals surface area contributed by atoms with Gasteiger partial charge in [0.1, 0.15) is 6.04 Å². The van der Waals surface area contributed by atoms with Gasteiger partial charge in [-0.2, -0.15) is 0 Å². The average Bonchev–Trinajstić information content (AvgIpc) is 2.93. The monoisotopic (exact) mass is 288 g/mol. The molecule has 21 heavy (non-hydrogen) atoms. The molecule has 0 aliphatic rings. The van der Waals surface area contributed by atoms with Gasteiger partial charge in [0.15, 0.2) is 0 Å². The number of rotatable bonds is 5. The topological polar surface area (TPSA) is 121 Å². The van der Waals surface area contributed by atoms with Crippen molar-refractivity contribution in [2.45, 2.75) is 19.4 Å². The molecule has 1 aromatic carbocycles. The number of aromatic amines is 1. The Kier molecular flexibility index (Phi) is 4.22. The van der Waals surface area contributed by atoms with E-state index in [2.05, 4.69) is 15.3 Å². The molecule has 110 valence electrons. The van der Waals surface area contributed by atoms with Crippen LogP contribution in [0.2, 0.25) is 0 Å². The Morgan fingerprint density at radius 2 is 2.24 bits per heavy atom. The van der Waals surface area contributed by atoms with Gasteiger partial charge in [0.05, 0.1) is 6.33 Å². The SMILES string of the molecule is Cc1ccc(C(=O)NC(Cc2cnc[nH]2)C(=O)O)cc1N. The number of hydrogen-bond acceptors (Lipinski definition) is 4. The molecule has 2 aromatic rings. The second-order valence-electron chi connectivity index (χ2n) is 4.72. The van der Waals surface area contributed by atoms with Gasteiger partial charge in [-0.25, -0.2) is 9.78 Å². The number of aromatic nitrogens is 2. The summed E-state index contributed by atoms with van der Waals surface area (Å²) in [6.07, 6.45) is 3.10. The quantitative estimate of drug-likeness (QED) is 0.604. The highest BCUT2D eigenvalue weighted by atomic mass is 16.4. The highest BCUT2D eigenvalue weighted by Crippen LogP contribution is 2.13. The van der Waals surface area contributed by atoms with E-state index < -0.39 is 17.9 Å². The van der Waals surface area contributed by atoms with E-state index >= 15 is 0 Å². The zero-order chi connectivity index (χ0) is 15.4. The lowest BCUT2D eigenvalue weighted by Crippen LogP contribution is -2.42. The molecule has 0 aliphatic carbocycles. The van der Waals surface area contributed by atoms with Crippen molar-refractivity contribution in [3.63, 3.8) is 0 Å². The molecule has 0 fully saturated rings. The van der Waals surface area contributed by atoms with Crippen LogP contribution in [0, 0.1) is 6.92 Å². The van der Waals surface area contributed by atoms with Crippen LogP contribution in [-0.4, -0.2) is 33.0 Å². The molecule has 5 N–H and O–H groups in total. The third-order valence-electron chi connectivity index (χ3n) is 3.12. The first-order valence-corrected chi connectivity index (χ1v) is 6.34. The summed E-state index contributed by atoms with van der Waals surface area (Å²) in [6, 6.07) is 3.81. The number of aliphatic carboxylic acids is 1. The molecule has 1 amide bonds. The minimum absolute atomic E-state index is 0.127. The maximum atomic E-state index is 12.1. The van der Waals surface area contributed by atoms with E-state index in [-0.39, 0.29) is 6.42 Å². The van der Waals surface area contributed by atoms with Gasteiger partial charge in [0.25, 0.3) is 5.91 Å². The van der Waals surface area contributed by atoms with Crippen LogP contribution in [0.25, 0.3) is 0 Å². The van der Waals surface area contributed by atoms with Crippen LogP contribution < -0.4 is 11.1 Å². The van der Waals surface area contributed by atoms with Crippen molar-refractivity contribution in [2.75, 3.05) is 5.73 Å². The minimum atomic E-state index is -1.11. The van der Waals surface area contributed by atoms with Gasteiger partial charge in [-0.3, -0.25) is 4.79 Å². The number of carboxylic acid groups (broad SMARTS) is 1. The van der Waals surface area contributed by atoms with Crippen molar-refractivity contribution in [1.29, 1.82) is 0 Å². The Balaban J connectivity index is 2.10. The molecule has 0 radical (unpaired) electrons. The fourth-order valence-corrected chi connectivity index (χ4v) is 1.84. The molecule has 1 aromatic heterocycles. The standard InChI is InChI=1S/C14H16N4O3/c1-8-2-3-9(4-11(8)15)13(19)18-12(14(20)21)5-10-6-16-7-17-10/h2-4,6-7,12H,5,15H2,1H3,(H,16,17)(H,18,19)(H,20,21). The number of amides is 1. The third-order valence-corrected chi connectivity index (χ3v) is 3.12. The number of imidazole rings is 1. The maximum Gasteiger partial charge on any atom is 0.326 e. The first-order valence-electron chi connectivity index (χ1n) is 6.34. The number of anilines is 1. The first-order chi connectivity index (χ1) is 9.97. The van der Waals surface area contributed by atoms with Crippen molar-refractivity contribution in [3.05, 3.63) is 47.5 Å². The first kappa shape index (κ1) is 14.6. The molecule has 2 rings (SSSR count). The van der Waals surface area contributed by atoms with Crippen molar-refractivity contribution < 1.29 is 14.7 Å². The van der Waals surface area contributed by atoms with Crippen LogP contribution >= 0.6 is 0 Å². The summed E-state index contributed by atoms with van der Waals surface area (Å²) in [4.78, 5) is 30.0. The molecule has 0 saturated carbocycles. The second kappa shape index (κ2) is 6.08. The van der Waals surface area contributed by atoms with Crippen LogP contribution in [0.15, 0.2) is 30.7 Å². The van der Waals surface area contributed by atoms with Gasteiger partial charge in [0, 0.05) is 29.6 Å². The fourth-order valence-electron chi connectivity index (χ4n) is 1.84. The van der Waals surface area contributed by atoms with Crippen LogP contribution in [-0.2, 0) is 11.2 Å². The number of H-pyrrole nitrogens is 1. The highest BCUT2D eigenvalue weighted by Gasteiger charge is 2.21. The van der Waals surface area contributed by atoms with Crippen LogP contribution in [0.4, 0.5) is 5.69 Å². The highest BCUT2D eigenvalue weighted by molar-refractivity contribution is 5.97. The van der Waals surface area contributed by atoms with E-state index in [4.69, 9.17) is 5.73 Å². The minimum Gasteiger partial charge on any atom is -0.480 e. The van der Waals surface area contributed by atoms with E-state index in [0.29, 0.717) is 16.9 Å². The van der Waals surface area contributed by atoms with Crippen LogP contribution in [0.3, 0.4) is 0 Å². The molecule has 7 heteroatoms. The summed E-state index contributed by atoms with van der Waals surface area (Å²) in [5, 5.41) is 11.7. The van der Waals surface area contributed by atoms with Crippen LogP contribution in [0.5, 0.6) is 0 Å². The lowest BCUT2D eigenvalue weighted by molar-refractivity contribution is -0.139. The van der Waals surface area contributed by atoms with Crippen molar-refractivity contribution >= 4 is 17.6 Å². The normalized spacial score (nSPS) is 11.9. The summed E-state index contributed by atoms with van der Waals surface area (Å²) in [7, 11) is 0. The molecule has 0 bridgehead atoms. The third kappa shape index (κ3) is 3.59. The molecule has 0 aliphatic heterocycles. The summed E-state index contributed by atoms with van der Waals surface area (Å²) in [6.45, 7) is 1.83. The molecular weight excluding hydrogens is 272 g/mol. The summed E-state index contributed by atoms with van der Waals surface area (Å²) in [5.74, 6) is -1.59. The van der Waals surface area contributed by atoms with Gasteiger partial charge < -0.3 is 21.1 Å². The lowest BCUT2D eigenvalue weighted by Gasteiger charge is -2.14. The maximum absolute atomic E-state index is 12.1. The molecule has 1 heterocycles. The Morgan fingerprint density at radius 3 is 2.81 bits per heavy atom. The zero-order valence-electron chi connectivity index (χ0n) is 11.5. The van der Waals surface area contributed by atoms with E-state index in [9.17, 15) is 14.7 Å². The number of nitrogens with two attached hydrogens (primary N) is 1. The number of carbonyl (C=O) groups excluding carboxylic acids is 1. The van der Waals surface area contributed by atoms with Gasteiger partial charge in [0.2, 0.25) is 0 Å². The lowest BCUT2D eigenvalue weighted by atomic mass is 10.1. The summed E-state index contributed by atoms with van der Waals surface area (Å²) >= 11 is 0. The number of hydrogen-bond donors (Lipinski definition) is 4. The Bertz CT molecular complexity index is 652. The second-order valence-corrected chi connectivity index (χ2v) is 4.72. The predicted octanol–water partition coefficient (Wildman–Crippen LogP) is 0.726. The molecule has 0 spiro atoms. The van der Waals surface area contributed by atoms with Crippen molar-refractivity contribution in [1.82, 2.24) is 15.3 Å². The van der Waals surface area contributed by atoms with E-state index in [0.717, 1.165) is 5.56 Å². The predicted molar refractivity (Wildman–Crippen MR) is 76.8 cm³/mol. The molecule has 0 saturated heterocycles. The van der Waals surface area contributed by atoms with Gasteiger partial charge >= 0.3 is 5.97 Å². The summed E-state index contributed by atoms with van der Waals surface area (Å²) < 4.78 is 0. The Labute approximate surface area is 121 Å². The van der Waals surface area contributed by atoms with Crippen molar-refractivity contribution in [3.8, 4) is 0 Å². The number of nitrogen functional groups attached to an aromatic ring is 1. The summed E-state index contributed by atoms with van der Waals surface area (Å²) in [5.41, 5.74) is 8.06. The van der Waals surface area contributed by atoms with Gasteiger partial charge in [-0.05, 0) is 24.6 Å². The number of carbonyl (C=O) groups is 2. The van der Waals surface area contributed by atoms with Gasteiger partial charge in [-0.1, -0.05) is 6.07 Å². The molecule has 1 unspecified atom stereocenters. The zero-order valence-corrected chi connectivity index (χ0v) is 11.5. The Hall–Kier alpha value is -2.83. The van der Waals surface area contributed by atoms with Crippen LogP contribution in [0.1, 0.15) is 21.6 Å². The average molecular weight is 288 g/mol. The van der Waals surface area contributed by atoms with Crippen molar-refractivity contribution in [2.24, 2.45) is 0 Å².